The summed E-state index contributed by atoms with van der Waals surface area (Å²) in [4.78, 5) is 24.4. The van der Waals surface area contributed by atoms with E-state index < -0.39 is 0 Å². The van der Waals surface area contributed by atoms with E-state index in [9.17, 15) is 9.59 Å². The molecular weight excluding hydrogens is 236 g/mol. The van der Waals surface area contributed by atoms with E-state index in [4.69, 9.17) is 9.47 Å². The van der Waals surface area contributed by atoms with Crippen molar-refractivity contribution in [3.05, 3.63) is 0 Å². The third-order valence-corrected chi connectivity index (χ3v) is 2.68. The maximum atomic E-state index is 11.6. The first kappa shape index (κ1) is 14.9. The van der Waals surface area contributed by atoms with E-state index in [1.807, 2.05) is 4.90 Å². The van der Waals surface area contributed by atoms with Gasteiger partial charge in [-0.1, -0.05) is 0 Å². The molecule has 1 rings (SSSR count). The van der Waals surface area contributed by atoms with Crippen LogP contribution < -0.4 is 5.32 Å². The second-order valence-electron chi connectivity index (χ2n) is 4.12. The zero-order valence-electron chi connectivity index (χ0n) is 10.9. The van der Waals surface area contributed by atoms with Gasteiger partial charge in [0.1, 0.15) is 6.61 Å². The van der Waals surface area contributed by atoms with Gasteiger partial charge in [0.05, 0.1) is 19.8 Å². The van der Waals surface area contributed by atoms with Gasteiger partial charge >= 0.3 is 5.97 Å². The molecule has 1 saturated heterocycles. The molecule has 18 heavy (non-hydrogen) atoms. The number of nitrogens with one attached hydrogen (secondary N) is 1. The van der Waals surface area contributed by atoms with Crippen LogP contribution in [0.5, 0.6) is 0 Å². The molecule has 0 aromatic heterocycles. The van der Waals surface area contributed by atoms with E-state index in [-0.39, 0.29) is 18.5 Å². The van der Waals surface area contributed by atoms with Crippen LogP contribution in [-0.2, 0) is 19.1 Å². The Balaban J connectivity index is 1.92. The van der Waals surface area contributed by atoms with Gasteiger partial charge in [0.25, 0.3) is 0 Å². The van der Waals surface area contributed by atoms with Gasteiger partial charge in [-0.15, -0.1) is 0 Å². The van der Waals surface area contributed by atoms with Crippen molar-refractivity contribution in [2.45, 2.75) is 19.8 Å². The summed E-state index contributed by atoms with van der Waals surface area (Å²) in [6.45, 7) is 5.12. The van der Waals surface area contributed by atoms with Gasteiger partial charge in [-0.05, 0) is 19.8 Å². The van der Waals surface area contributed by atoms with Gasteiger partial charge in [0.2, 0.25) is 5.91 Å². The number of likely N-dealkylation sites (tertiary alicyclic amines) is 1. The Morgan fingerprint density at radius 1 is 1.28 bits per heavy atom. The Labute approximate surface area is 108 Å². The Hall–Kier alpha value is -1.14. The summed E-state index contributed by atoms with van der Waals surface area (Å²) in [5.74, 6) is -0.219. The maximum absolute atomic E-state index is 11.6. The summed E-state index contributed by atoms with van der Waals surface area (Å²) in [5.41, 5.74) is 0. The number of carbonyl (C=O) groups is 2. The summed E-state index contributed by atoms with van der Waals surface area (Å²) in [6, 6.07) is 0. The quantitative estimate of drug-likeness (QED) is 0.481. The molecule has 1 heterocycles. The Bertz CT molecular complexity index is 265. The molecule has 0 unspecified atom stereocenters. The van der Waals surface area contributed by atoms with Gasteiger partial charge in [-0.3, -0.25) is 4.79 Å². The predicted molar refractivity (Wildman–Crippen MR) is 66.1 cm³/mol. The number of rotatable bonds is 8. The van der Waals surface area contributed by atoms with E-state index in [0.717, 1.165) is 25.9 Å². The smallest absolute Gasteiger partial charge is 0.332 e. The minimum absolute atomic E-state index is 0.0322. The third kappa shape index (κ3) is 5.97. The van der Waals surface area contributed by atoms with Crippen molar-refractivity contribution < 1.29 is 19.1 Å². The van der Waals surface area contributed by atoms with E-state index in [1.54, 1.807) is 6.92 Å². The van der Waals surface area contributed by atoms with Crippen LogP contribution in [0.4, 0.5) is 0 Å². The largest absolute Gasteiger partial charge is 0.464 e. The standard InChI is InChI=1S/C12H22N2O4/c1-2-18-12(16)10-17-8-5-13-9-11(15)14-6-3-4-7-14/h13H,2-10H2,1H3. The fourth-order valence-electron chi connectivity index (χ4n) is 1.78. The van der Waals surface area contributed by atoms with Gasteiger partial charge in [0.15, 0.2) is 0 Å². The van der Waals surface area contributed by atoms with Crippen LogP contribution >= 0.6 is 0 Å². The van der Waals surface area contributed by atoms with Crippen LogP contribution in [0.25, 0.3) is 0 Å². The molecule has 1 amide bonds. The zero-order valence-corrected chi connectivity index (χ0v) is 10.9. The average Bonchev–Trinajstić information content (AvgIpc) is 2.87. The first-order chi connectivity index (χ1) is 8.74. The van der Waals surface area contributed by atoms with Crippen molar-refractivity contribution in [3.63, 3.8) is 0 Å². The van der Waals surface area contributed by atoms with E-state index in [1.165, 1.54) is 0 Å². The molecule has 6 heteroatoms. The Kier molecular flexibility index (Phi) is 7.36. The van der Waals surface area contributed by atoms with Crippen LogP contribution in [0.1, 0.15) is 19.8 Å². The van der Waals surface area contributed by atoms with Crippen LogP contribution in [-0.4, -0.2) is 62.8 Å². The summed E-state index contributed by atoms with van der Waals surface area (Å²) in [6.07, 6.45) is 2.21. The summed E-state index contributed by atoms with van der Waals surface area (Å²) < 4.78 is 9.80. The van der Waals surface area contributed by atoms with E-state index in [0.29, 0.717) is 26.3 Å². The lowest BCUT2D eigenvalue weighted by Crippen LogP contribution is -2.37. The summed E-state index contributed by atoms with van der Waals surface area (Å²) in [7, 11) is 0. The van der Waals surface area contributed by atoms with Gasteiger partial charge in [-0.2, -0.15) is 0 Å². The number of esters is 1. The highest BCUT2D eigenvalue weighted by atomic mass is 16.6. The Morgan fingerprint density at radius 3 is 2.67 bits per heavy atom. The van der Waals surface area contributed by atoms with Crippen molar-refractivity contribution in [1.29, 1.82) is 0 Å². The van der Waals surface area contributed by atoms with Crippen LogP contribution in [0.2, 0.25) is 0 Å². The second kappa shape index (κ2) is 8.88. The molecule has 0 aliphatic carbocycles. The zero-order chi connectivity index (χ0) is 13.2. The molecule has 6 nitrogen and oxygen atoms in total. The molecule has 0 bridgehead atoms. The number of amides is 1. The normalized spacial score (nSPS) is 14.8. The highest BCUT2D eigenvalue weighted by Crippen LogP contribution is 2.06. The first-order valence-corrected chi connectivity index (χ1v) is 6.46. The van der Waals surface area contributed by atoms with E-state index >= 15 is 0 Å². The molecule has 0 saturated carbocycles. The first-order valence-electron chi connectivity index (χ1n) is 6.46. The van der Waals surface area contributed by atoms with Crippen molar-refractivity contribution in [1.82, 2.24) is 10.2 Å². The summed E-state index contributed by atoms with van der Waals surface area (Å²) >= 11 is 0. The molecule has 1 N–H and O–H groups in total. The molecule has 0 aromatic rings. The van der Waals surface area contributed by atoms with E-state index in [2.05, 4.69) is 5.32 Å². The molecule has 1 aliphatic rings. The third-order valence-electron chi connectivity index (χ3n) is 2.68. The minimum Gasteiger partial charge on any atom is -0.464 e. The minimum atomic E-state index is -0.356. The maximum Gasteiger partial charge on any atom is 0.332 e. The summed E-state index contributed by atoms with van der Waals surface area (Å²) in [5, 5.41) is 3.00. The lowest BCUT2D eigenvalue weighted by Gasteiger charge is -2.15. The van der Waals surface area contributed by atoms with Gasteiger partial charge < -0.3 is 19.7 Å². The highest BCUT2D eigenvalue weighted by molar-refractivity contribution is 5.78. The molecule has 1 aliphatic heterocycles. The number of hydrogen-bond donors (Lipinski definition) is 1. The lowest BCUT2D eigenvalue weighted by molar-refractivity contribution is -0.148. The van der Waals surface area contributed by atoms with Crippen molar-refractivity contribution >= 4 is 11.9 Å². The highest BCUT2D eigenvalue weighted by Gasteiger charge is 2.16. The molecule has 0 spiro atoms. The fraction of sp³-hybridized carbons (Fsp3) is 0.833. The van der Waals surface area contributed by atoms with Gasteiger partial charge in [0, 0.05) is 19.6 Å². The Morgan fingerprint density at radius 2 is 2.00 bits per heavy atom. The van der Waals surface area contributed by atoms with Crippen molar-refractivity contribution in [2.24, 2.45) is 0 Å². The number of nitrogens with zero attached hydrogens (tertiary/aromatic N) is 1. The molecule has 104 valence electrons. The van der Waals surface area contributed by atoms with Crippen LogP contribution in [0, 0.1) is 0 Å². The van der Waals surface area contributed by atoms with Crippen LogP contribution in [0.3, 0.4) is 0 Å². The molecule has 0 aromatic carbocycles. The number of carbonyl (C=O) groups excluding carboxylic acids is 2. The monoisotopic (exact) mass is 258 g/mol. The molecule has 0 atom stereocenters. The second-order valence-corrected chi connectivity index (χ2v) is 4.12. The fourth-order valence-corrected chi connectivity index (χ4v) is 1.78. The number of ether oxygens (including phenoxy) is 2. The number of hydrogen-bond acceptors (Lipinski definition) is 5. The van der Waals surface area contributed by atoms with Crippen LogP contribution in [0.15, 0.2) is 0 Å². The topological polar surface area (TPSA) is 67.9 Å². The molecule has 0 radical (unpaired) electrons. The SMILES string of the molecule is CCOC(=O)COCCNCC(=O)N1CCCC1. The van der Waals surface area contributed by atoms with Crippen molar-refractivity contribution in [2.75, 3.05) is 46.0 Å². The lowest BCUT2D eigenvalue weighted by atomic mass is 10.4. The predicted octanol–water partition coefficient (Wildman–Crippen LogP) is -0.222. The van der Waals surface area contributed by atoms with Gasteiger partial charge in [-0.25, -0.2) is 4.79 Å². The molecular formula is C12H22N2O4. The molecule has 1 fully saturated rings. The average molecular weight is 258 g/mol. The van der Waals surface area contributed by atoms with Crippen molar-refractivity contribution in [3.8, 4) is 0 Å².